The fourth-order valence-corrected chi connectivity index (χ4v) is 2.95. The Labute approximate surface area is 133 Å². The number of benzene rings is 1. The zero-order chi connectivity index (χ0) is 16.2. The maximum Gasteiger partial charge on any atom is 0.387 e. The number of rotatable bonds is 6. The molecule has 124 valence electrons. The maximum atomic E-state index is 12.3. The Morgan fingerprint density at radius 1 is 1.30 bits per heavy atom. The van der Waals surface area contributed by atoms with Crippen LogP contribution in [0.4, 0.5) is 8.78 Å². The van der Waals surface area contributed by atoms with E-state index < -0.39 is 6.61 Å². The minimum Gasteiger partial charge on any atom is -0.493 e. The number of fused-ring (bicyclic) bond motifs is 1. The lowest BCUT2D eigenvalue weighted by atomic mass is 9.93. The highest BCUT2D eigenvalue weighted by atomic mass is 19.3. The van der Waals surface area contributed by atoms with Crippen LogP contribution in [0.5, 0.6) is 11.5 Å². The summed E-state index contributed by atoms with van der Waals surface area (Å²) in [6, 6.07) is 7.23. The molecule has 23 heavy (non-hydrogen) atoms. The smallest absolute Gasteiger partial charge is 0.387 e. The van der Waals surface area contributed by atoms with Crippen molar-refractivity contribution in [3.63, 3.8) is 0 Å². The molecule has 1 aromatic carbocycles. The van der Waals surface area contributed by atoms with Gasteiger partial charge in [0.15, 0.2) is 11.5 Å². The van der Waals surface area contributed by atoms with Crippen LogP contribution in [0.2, 0.25) is 0 Å². The Kier molecular flexibility index (Phi) is 4.81. The summed E-state index contributed by atoms with van der Waals surface area (Å²) in [5, 5.41) is 3.49. The van der Waals surface area contributed by atoms with Crippen molar-refractivity contribution in [2.75, 3.05) is 7.11 Å². The largest absolute Gasteiger partial charge is 0.493 e. The monoisotopic (exact) mass is 323 g/mol. The molecule has 1 aliphatic carbocycles. The van der Waals surface area contributed by atoms with Crippen molar-refractivity contribution < 1.29 is 22.7 Å². The molecule has 3 rings (SSSR count). The fourth-order valence-electron chi connectivity index (χ4n) is 2.95. The van der Waals surface area contributed by atoms with Crippen molar-refractivity contribution in [3.05, 3.63) is 47.4 Å². The first kappa shape index (κ1) is 15.8. The SMILES string of the molecule is COc1cc(CNC2CCCc3occc32)ccc1OC(F)F. The van der Waals surface area contributed by atoms with Crippen LogP contribution < -0.4 is 14.8 Å². The van der Waals surface area contributed by atoms with Gasteiger partial charge >= 0.3 is 6.61 Å². The van der Waals surface area contributed by atoms with E-state index in [0.717, 1.165) is 30.6 Å². The summed E-state index contributed by atoms with van der Waals surface area (Å²) in [5.41, 5.74) is 2.15. The minimum atomic E-state index is -2.87. The number of hydrogen-bond donors (Lipinski definition) is 1. The van der Waals surface area contributed by atoms with Crippen molar-refractivity contribution in [1.29, 1.82) is 0 Å². The van der Waals surface area contributed by atoms with Gasteiger partial charge < -0.3 is 19.2 Å². The quantitative estimate of drug-likeness (QED) is 0.871. The van der Waals surface area contributed by atoms with Gasteiger partial charge in [-0.05, 0) is 36.6 Å². The summed E-state index contributed by atoms with van der Waals surface area (Å²) >= 11 is 0. The molecule has 0 amide bonds. The number of hydrogen-bond acceptors (Lipinski definition) is 4. The molecule has 2 aromatic rings. The van der Waals surface area contributed by atoms with Crippen LogP contribution in [0, 0.1) is 0 Å². The van der Waals surface area contributed by atoms with Gasteiger partial charge in [0.25, 0.3) is 0 Å². The number of furan rings is 1. The molecule has 6 heteroatoms. The summed E-state index contributed by atoms with van der Waals surface area (Å²) in [5.74, 6) is 1.39. The van der Waals surface area contributed by atoms with Gasteiger partial charge in [-0.1, -0.05) is 6.07 Å². The molecule has 1 atom stereocenters. The molecular weight excluding hydrogens is 304 g/mol. The highest BCUT2D eigenvalue weighted by Gasteiger charge is 2.22. The third kappa shape index (κ3) is 3.64. The zero-order valence-corrected chi connectivity index (χ0v) is 12.9. The van der Waals surface area contributed by atoms with E-state index in [4.69, 9.17) is 9.15 Å². The summed E-state index contributed by atoms with van der Waals surface area (Å²) in [7, 11) is 1.43. The van der Waals surface area contributed by atoms with Crippen LogP contribution >= 0.6 is 0 Å². The van der Waals surface area contributed by atoms with E-state index in [2.05, 4.69) is 10.1 Å². The first-order valence-corrected chi connectivity index (χ1v) is 7.58. The average molecular weight is 323 g/mol. The van der Waals surface area contributed by atoms with E-state index in [-0.39, 0.29) is 11.8 Å². The summed E-state index contributed by atoms with van der Waals surface area (Å²) in [6.45, 7) is -2.25. The van der Waals surface area contributed by atoms with Gasteiger partial charge in [-0.15, -0.1) is 0 Å². The van der Waals surface area contributed by atoms with Crippen LogP contribution in [0.3, 0.4) is 0 Å². The molecule has 1 aromatic heterocycles. The number of ether oxygens (including phenoxy) is 2. The molecule has 0 saturated heterocycles. The Morgan fingerprint density at radius 3 is 2.96 bits per heavy atom. The number of nitrogens with one attached hydrogen (secondary N) is 1. The molecule has 0 bridgehead atoms. The molecule has 4 nitrogen and oxygen atoms in total. The van der Waals surface area contributed by atoms with E-state index in [9.17, 15) is 8.78 Å². The van der Waals surface area contributed by atoms with Crippen molar-refractivity contribution in [1.82, 2.24) is 5.32 Å². The molecule has 0 spiro atoms. The van der Waals surface area contributed by atoms with E-state index in [1.165, 1.54) is 18.7 Å². The van der Waals surface area contributed by atoms with Crippen LogP contribution in [-0.4, -0.2) is 13.7 Å². The number of alkyl halides is 2. The normalized spacial score (nSPS) is 17.1. The first-order chi connectivity index (χ1) is 11.2. The Hall–Kier alpha value is -2.08. The van der Waals surface area contributed by atoms with E-state index in [0.29, 0.717) is 12.3 Å². The van der Waals surface area contributed by atoms with Crippen LogP contribution in [0.15, 0.2) is 34.9 Å². The Morgan fingerprint density at radius 2 is 2.17 bits per heavy atom. The molecule has 0 fully saturated rings. The third-order valence-electron chi connectivity index (χ3n) is 4.05. The fraction of sp³-hybridized carbons (Fsp3) is 0.412. The zero-order valence-electron chi connectivity index (χ0n) is 12.9. The minimum absolute atomic E-state index is 0.0426. The predicted octanol–water partition coefficient (Wildman–Crippen LogP) is 4.06. The molecule has 0 aliphatic heterocycles. The van der Waals surface area contributed by atoms with E-state index in [1.807, 2.05) is 6.07 Å². The Balaban J connectivity index is 1.67. The van der Waals surface area contributed by atoms with Gasteiger partial charge in [0.2, 0.25) is 0 Å². The molecule has 1 aliphatic rings. The topological polar surface area (TPSA) is 43.6 Å². The maximum absolute atomic E-state index is 12.3. The van der Waals surface area contributed by atoms with Crippen LogP contribution in [0.1, 0.15) is 35.8 Å². The van der Waals surface area contributed by atoms with Gasteiger partial charge in [0.05, 0.1) is 13.4 Å². The molecular formula is C17H19F2NO3. The summed E-state index contributed by atoms with van der Waals surface area (Å²) < 4.78 is 39.7. The van der Waals surface area contributed by atoms with Gasteiger partial charge in [-0.25, -0.2) is 0 Å². The van der Waals surface area contributed by atoms with Crippen molar-refractivity contribution in [3.8, 4) is 11.5 Å². The summed E-state index contributed by atoms with van der Waals surface area (Å²) in [6.07, 6.45) is 4.84. The molecule has 1 heterocycles. The standard InChI is InChI=1S/C17H19F2NO3/c1-21-16-9-11(5-6-15(16)23-17(18)19)10-20-13-3-2-4-14-12(13)7-8-22-14/h5-9,13,17,20H,2-4,10H2,1H3. The third-order valence-corrected chi connectivity index (χ3v) is 4.05. The molecule has 1 N–H and O–H groups in total. The predicted molar refractivity (Wildman–Crippen MR) is 80.9 cm³/mol. The number of halogens is 2. The highest BCUT2D eigenvalue weighted by Crippen LogP contribution is 2.32. The number of methoxy groups -OCH3 is 1. The van der Waals surface area contributed by atoms with Crippen LogP contribution in [-0.2, 0) is 13.0 Å². The van der Waals surface area contributed by atoms with Gasteiger partial charge in [-0.2, -0.15) is 8.78 Å². The van der Waals surface area contributed by atoms with Crippen LogP contribution in [0.25, 0.3) is 0 Å². The second-order valence-electron chi connectivity index (χ2n) is 5.49. The lowest BCUT2D eigenvalue weighted by Gasteiger charge is -2.23. The lowest BCUT2D eigenvalue weighted by Crippen LogP contribution is -2.24. The Bertz CT molecular complexity index is 657. The van der Waals surface area contributed by atoms with E-state index in [1.54, 1.807) is 18.4 Å². The molecule has 1 unspecified atom stereocenters. The van der Waals surface area contributed by atoms with E-state index >= 15 is 0 Å². The second-order valence-corrected chi connectivity index (χ2v) is 5.49. The molecule has 0 radical (unpaired) electrons. The molecule has 0 saturated carbocycles. The van der Waals surface area contributed by atoms with Crippen molar-refractivity contribution in [2.24, 2.45) is 0 Å². The summed E-state index contributed by atoms with van der Waals surface area (Å²) in [4.78, 5) is 0. The second kappa shape index (κ2) is 7.00. The lowest BCUT2D eigenvalue weighted by molar-refractivity contribution is -0.0512. The van der Waals surface area contributed by atoms with Crippen molar-refractivity contribution >= 4 is 0 Å². The first-order valence-electron chi connectivity index (χ1n) is 7.58. The van der Waals surface area contributed by atoms with Gasteiger partial charge in [0.1, 0.15) is 5.76 Å². The van der Waals surface area contributed by atoms with Gasteiger partial charge in [0, 0.05) is 24.6 Å². The van der Waals surface area contributed by atoms with Crippen molar-refractivity contribution in [2.45, 2.75) is 38.5 Å². The average Bonchev–Trinajstić information content (AvgIpc) is 3.02. The highest BCUT2D eigenvalue weighted by molar-refractivity contribution is 5.43. The number of aryl methyl sites for hydroxylation is 1. The van der Waals surface area contributed by atoms with Gasteiger partial charge in [-0.3, -0.25) is 0 Å².